The van der Waals surface area contributed by atoms with E-state index >= 15 is 0 Å². The molecule has 5 heteroatoms. The van der Waals surface area contributed by atoms with Gasteiger partial charge in [-0.3, -0.25) is 0 Å². The molecule has 0 saturated carbocycles. The van der Waals surface area contributed by atoms with Crippen molar-refractivity contribution in [1.82, 2.24) is 0 Å². The van der Waals surface area contributed by atoms with Crippen LogP contribution in [0.5, 0.6) is 5.75 Å². The Kier molecular flexibility index (Phi) is 4.61. The summed E-state index contributed by atoms with van der Waals surface area (Å²) in [4.78, 5) is 11.6. The molecule has 1 rings (SSSR count). The first-order valence-electron chi connectivity index (χ1n) is 4.90. The number of rotatable bonds is 4. The monoisotopic (exact) mass is 287 g/mol. The summed E-state index contributed by atoms with van der Waals surface area (Å²) in [6.07, 6.45) is 0.781. The summed E-state index contributed by atoms with van der Waals surface area (Å²) in [5.41, 5.74) is 6.49. The fourth-order valence-electron chi connectivity index (χ4n) is 1.18. The molecule has 0 aliphatic heterocycles. The first-order valence-corrected chi connectivity index (χ1v) is 5.70. The van der Waals surface area contributed by atoms with E-state index in [1.807, 2.05) is 6.92 Å². The van der Waals surface area contributed by atoms with Crippen molar-refractivity contribution in [3.05, 3.63) is 22.2 Å². The molecule has 0 fully saturated rings. The Morgan fingerprint density at radius 2 is 2.19 bits per heavy atom. The van der Waals surface area contributed by atoms with Crippen molar-refractivity contribution in [3.8, 4) is 5.75 Å². The third kappa shape index (κ3) is 2.66. The number of methoxy groups -OCH3 is 1. The van der Waals surface area contributed by atoms with Gasteiger partial charge in [-0.25, -0.2) is 4.79 Å². The fraction of sp³-hybridized carbons (Fsp3) is 0.364. The molecule has 0 unspecified atom stereocenters. The van der Waals surface area contributed by atoms with Gasteiger partial charge < -0.3 is 15.2 Å². The van der Waals surface area contributed by atoms with Crippen LogP contribution in [0.1, 0.15) is 23.7 Å². The van der Waals surface area contributed by atoms with Gasteiger partial charge in [0.25, 0.3) is 0 Å². The van der Waals surface area contributed by atoms with Crippen LogP contribution in [-0.2, 0) is 4.74 Å². The van der Waals surface area contributed by atoms with Gasteiger partial charge in [0.05, 0.1) is 29.4 Å². The normalized spacial score (nSPS) is 9.94. The molecule has 0 heterocycles. The molecule has 16 heavy (non-hydrogen) atoms. The molecule has 0 saturated heterocycles. The molecule has 0 spiro atoms. The number of hydrogen-bond acceptors (Lipinski definition) is 4. The Bertz CT molecular complexity index is 393. The smallest absolute Gasteiger partial charge is 0.340 e. The Labute approximate surface area is 103 Å². The van der Waals surface area contributed by atoms with Gasteiger partial charge in [-0.1, -0.05) is 6.92 Å². The second-order valence-electron chi connectivity index (χ2n) is 3.18. The SMILES string of the molecule is CCCOC(=O)c1ccc(OC)c(Br)c1N. The number of carbonyl (C=O) groups excluding carboxylic acids is 1. The van der Waals surface area contributed by atoms with Crippen LogP contribution in [0.3, 0.4) is 0 Å². The van der Waals surface area contributed by atoms with E-state index in [9.17, 15) is 4.79 Å². The number of esters is 1. The van der Waals surface area contributed by atoms with Crippen molar-refractivity contribution < 1.29 is 14.3 Å². The van der Waals surface area contributed by atoms with E-state index in [-0.39, 0.29) is 0 Å². The molecule has 1 aromatic rings. The van der Waals surface area contributed by atoms with E-state index in [1.54, 1.807) is 12.1 Å². The molecule has 0 aromatic heterocycles. The van der Waals surface area contributed by atoms with E-state index in [1.165, 1.54) is 7.11 Å². The number of anilines is 1. The Morgan fingerprint density at radius 3 is 2.75 bits per heavy atom. The summed E-state index contributed by atoms with van der Waals surface area (Å²) in [6, 6.07) is 3.26. The van der Waals surface area contributed by atoms with Gasteiger partial charge in [-0.2, -0.15) is 0 Å². The molecule has 0 radical (unpaired) electrons. The maximum absolute atomic E-state index is 11.6. The van der Waals surface area contributed by atoms with Crippen molar-refractivity contribution in [1.29, 1.82) is 0 Å². The highest BCUT2D eigenvalue weighted by Crippen LogP contribution is 2.33. The first kappa shape index (κ1) is 12.8. The fourth-order valence-corrected chi connectivity index (χ4v) is 1.69. The minimum absolute atomic E-state index is 0.334. The van der Waals surface area contributed by atoms with Gasteiger partial charge in [0, 0.05) is 0 Å². The zero-order valence-electron chi connectivity index (χ0n) is 9.25. The molecule has 1 aromatic carbocycles. The van der Waals surface area contributed by atoms with Crippen molar-refractivity contribution in [2.24, 2.45) is 0 Å². The zero-order chi connectivity index (χ0) is 12.1. The van der Waals surface area contributed by atoms with Crippen molar-refractivity contribution >= 4 is 27.6 Å². The Morgan fingerprint density at radius 1 is 1.50 bits per heavy atom. The number of nitrogens with two attached hydrogens (primary N) is 1. The first-order chi connectivity index (χ1) is 7.61. The maximum Gasteiger partial charge on any atom is 0.340 e. The Hall–Kier alpha value is -1.23. The average molecular weight is 288 g/mol. The summed E-state index contributed by atoms with van der Waals surface area (Å²) in [5.74, 6) is 0.173. The maximum atomic E-state index is 11.6. The van der Waals surface area contributed by atoms with Gasteiger partial charge in [-0.15, -0.1) is 0 Å². The highest BCUT2D eigenvalue weighted by molar-refractivity contribution is 9.10. The molecule has 0 bridgehead atoms. The van der Waals surface area contributed by atoms with Crippen LogP contribution in [-0.4, -0.2) is 19.7 Å². The summed E-state index contributed by atoms with van der Waals surface area (Å²) in [7, 11) is 1.54. The molecule has 0 amide bonds. The van der Waals surface area contributed by atoms with Crippen LogP contribution in [0.25, 0.3) is 0 Å². The number of benzene rings is 1. The number of halogens is 1. The van der Waals surface area contributed by atoms with E-state index in [4.69, 9.17) is 15.2 Å². The Balaban J connectivity index is 2.98. The molecular formula is C11H14BrNO3. The van der Waals surface area contributed by atoms with Crippen LogP contribution in [0.4, 0.5) is 5.69 Å². The molecule has 4 nitrogen and oxygen atoms in total. The minimum atomic E-state index is -0.414. The number of nitrogen functional groups attached to an aromatic ring is 1. The van der Waals surface area contributed by atoms with E-state index in [0.29, 0.717) is 28.1 Å². The number of hydrogen-bond donors (Lipinski definition) is 1. The standard InChI is InChI=1S/C11H14BrNO3/c1-3-6-16-11(14)7-4-5-8(15-2)9(12)10(7)13/h4-5H,3,6,13H2,1-2H3. The quantitative estimate of drug-likeness (QED) is 0.683. The van der Waals surface area contributed by atoms with Gasteiger partial charge in [-0.05, 0) is 34.5 Å². The predicted molar refractivity (Wildman–Crippen MR) is 65.7 cm³/mol. The molecule has 0 aliphatic carbocycles. The third-order valence-corrected chi connectivity index (χ3v) is 2.84. The average Bonchev–Trinajstić information content (AvgIpc) is 2.29. The lowest BCUT2D eigenvalue weighted by molar-refractivity contribution is 0.0506. The predicted octanol–water partition coefficient (Wildman–Crippen LogP) is 2.61. The highest BCUT2D eigenvalue weighted by atomic mass is 79.9. The summed E-state index contributed by atoms with van der Waals surface area (Å²) in [6.45, 7) is 2.32. The lowest BCUT2D eigenvalue weighted by Crippen LogP contribution is -2.09. The number of carbonyl (C=O) groups is 1. The second kappa shape index (κ2) is 5.75. The topological polar surface area (TPSA) is 61.5 Å². The minimum Gasteiger partial charge on any atom is -0.495 e. The third-order valence-electron chi connectivity index (χ3n) is 2.02. The largest absolute Gasteiger partial charge is 0.495 e. The highest BCUT2D eigenvalue weighted by Gasteiger charge is 2.15. The molecule has 0 aliphatic rings. The van der Waals surface area contributed by atoms with Crippen LogP contribution in [0, 0.1) is 0 Å². The lowest BCUT2D eigenvalue weighted by Gasteiger charge is -2.10. The van der Waals surface area contributed by atoms with Crippen LogP contribution in [0.15, 0.2) is 16.6 Å². The number of ether oxygens (including phenoxy) is 2. The van der Waals surface area contributed by atoms with Crippen molar-refractivity contribution in [2.75, 3.05) is 19.5 Å². The van der Waals surface area contributed by atoms with Crippen LogP contribution in [0.2, 0.25) is 0 Å². The molecule has 88 valence electrons. The summed E-state index contributed by atoms with van der Waals surface area (Å²) >= 11 is 3.27. The van der Waals surface area contributed by atoms with Gasteiger partial charge >= 0.3 is 5.97 Å². The van der Waals surface area contributed by atoms with Crippen molar-refractivity contribution in [3.63, 3.8) is 0 Å². The van der Waals surface area contributed by atoms with E-state index in [0.717, 1.165) is 6.42 Å². The van der Waals surface area contributed by atoms with Crippen LogP contribution >= 0.6 is 15.9 Å². The molecular weight excluding hydrogens is 274 g/mol. The summed E-state index contributed by atoms with van der Waals surface area (Å²) < 4.78 is 10.6. The van der Waals surface area contributed by atoms with Gasteiger partial charge in [0.2, 0.25) is 0 Å². The molecule has 0 atom stereocenters. The molecule has 2 N–H and O–H groups in total. The van der Waals surface area contributed by atoms with Gasteiger partial charge in [0.15, 0.2) is 0 Å². The van der Waals surface area contributed by atoms with E-state index < -0.39 is 5.97 Å². The lowest BCUT2D eigenvalue weighted by atomic mass is 10.2. The van der Waals surface area contributed by atoms with Crippen molar-refractivity contribution in [2.45, 2.75) is 13.3 Å². The van der Waals surface area contributed by atoms with E-state index in [2.05, 4.69) is 15.9 Å². The zero-order valence-corrected chi connectivity index (χ0v) is 10.8. The van der Waals surface area contributed by atoms with Crippen LogP contribution < -0.4 is 10.5 Å². The second-order valence-corrected chi connectivity index (χ2v) is 3.97. The summed E-state index contributed by atoms with van der Waals surface area (Å²) in [5, 5.41) is 0. The van der Waals surface area contributed by atoms with Gasteiger partial charge in [0.1, 0.15) is 5.75 Å².